The second-order valence-electron chi connectivity index (χ2n) is 2.35. The highest BCUT2D eigenvalue weighted by molar-refractivity contribution is 6.67. The normalized spacial score (nSPS) is 11.4. The summed E-state index contributed by atoms with van der Waals surface area (Å²) in [5.41, 5.74) is 0.334. The first-order valence-electron chi connectivity index (χ1n) is 3.28. The molecular weight excluding hydrogens is 237 g/mol. The summed E-state index contributed by atoms with van der Waals surface area (Å²) in [5.74, 6) is 0. The van der Waals surface area contributed by atoms with Crippen LogP contribution in [0, 0.1) is 0 Å². The van der Waals surface area contributed by atoms with Gasteiger partial charge in [0.2, 0.25) is 0 Å². The Balaban J connectivity index is 3.01. The van der Waals surface area contributed by atoms with Crippen LogP contribution in [0.1, 0.15) is 15.9 Å². The highest BCUT2D eigenvalue weighted by Gasteiger charge is 2.24. The third-order valence-electron chi connectivity index (χ3n) is 1.44. The van der Waals surface area contributed by atoms with Gasteiger partial charge in [-0.2, -0.15) is 0 Å². The lowest BCUT2D eigenvalue weighted by atomic mass is 10.1. The minimum absolute atomic E-state index is 0.0671. The first-order valence-corrected chi connectivity index (χ1v) is 4.42. The quantitative estimate of drug-likeness (QED) is 0.571. The number of alkyl halides is 3. The third kappa shape index (κ3) is 2.83. The van der Waals surface area contributed by atoms with Crippen molar-refractivity contribution in [3.8, 4) is 0 Å². The van der Waals surface area contributed by atoms with Crippen molar-refractivity contribution in [2.75, 3.05) is 0 Å². The molecule has 0 fully saturated rings. The van der Waals surface area contributed by atoms with E-state index >= 15 is 0 Å². The Morgan fingerprint density at radius 3 is 2.00 bits per heavy atom. The maximum Gasteiger partial charge on any atom is 0.283 e. The van der Waals surface area contributed by atoms with E-state index in [1.165, 1.54) is 24.3 Å². The molecule has 0 spiro atoms. The minimum atomic E-state index is -2.44. The molecule has 70 valence electrons. The van der Waals surface area contributed by atoms with Crippen LogP contribution in [0.25, 0.3) is 0 Å². The molecule has 0 N–H and O–H groups in total. The summed E-state index contributed by atoms with van der Waals surface area (Å²) in [5, 5.41) is -0.611. The second-order valence-corrected chi connectivity index (χ2v) is 3.93. The lowest BCUT2D eigenvalue weighted by Gasteiger charge is -2.08. The van der Waals surface area contributed by atoms with Gasteiger partial charge in [0.05, 0.1) is 0 Å². The van der Waals surface area contributed by atoms with E-state index in [0.29, 0.717) is 0 Å². The van der Waals surface area contributed by atoms with Crippen LogP contribution in [0.4, 0.5) is 4.39 Å². The molecule has 0 aromatic heterocycles. The Bertz CT molecular complexity index is 315. The van der Waals surface area contributed by atoms with Crippen LogP contribution in [-0.4, -0.2) is 5.24 Å². The topological polar surface area (TPSA) is 17.1 Å². The molecule has 0 aliphatic rings. The smallest absolute Gasteiger partial charge is 0.276 e. The Labute approximate surface area is 89.4 Å². The molecule has 0 amide bonds. The average molecular weight is 241 g/mol. The van der Waals surface area contributed by atoms with Crippen LogP contribution in [0.5, 0.6) is 0 Å². The van der Waals surface area contributed by atoms with E-state index in [-0.39, 0.29) is 11.1 Å². The van der Waals surface area contributed by atoms with Crippen LogP contribution < -0.4 is 0 Å². The molecule has 5 heteroatoms. The maximum absolute atomic E-state index is 12.9. The van der Waals surface area contributed by atoms with Crippen LogP contribution >= 0.6 is 34.8 Å². The van der Waals surface area contributed by atoms with Gasteiger partial charge in [0, 0.05) is 11.1 Å². The Morgan fingerprint density at radius 1 is 1.23 bits per heavy atom. The van der Waals surface area contributed by atoms with Gasteiger partial charge >= 0.3 is 0 Å². The molecule has 1 aromatic carbocycles. The monoisotopic (exact) mass is 240 g/mol. The van der Waals surface area contributed by atoms with Gasteiger partial charge in [-0.3, -0.25) is 4.79 Å². The van der Waals surface area contributed by atoms with Gasteiger partial charge in [0.1, 0.15) is 0 Å². The predicted octanol–water partition coefficient (Wildman–Crippen LogP) is 3.62. The number of hydrogen-bond acceptors (Lipinski definition) is 1. The van der Waals surface area contributed by atoms with Gasteiger partial charge in [0.25, 0.3) is 9.83 Å². The standard InChI is InChI=1S/C8H4Cl3FO/c9-7(13)5-1-3-6(4-2-5)8(10,11)12/h1-4H. The summed E-state index contributed by atoms with van der Waals surface area (Å²) < 4.78 is 10.4. The fourth-order valence-corrected chi connectivity index (χ4v) is 1.17. The van der Waals surface area contributed by atoms with Crippen molar-refractivity contribution in [3.05, 3.63) is 35.4 Å². The van der Waals surface area contributed by atoms with Crippen LogP contribution in [0.3, 0.4) is 0 Å². The van der Waals surface area contributed by atoms with E-state index < -0.39 is 9.83 Å². The molecule has 0 radical (unpaired) electrons. The summed E-state index contributed by atoms with van der Waals surface area (Å²) in [6.07, 6.45) is 0. The molecule has 0 unspecified atom stereocenters. The van der Waals surface area contributed by atoms with E-state index in [1.54, 1.807) is 0 Å². The summed E-state index contributed by atoms with van der Waals surface area (Å²) in [6.45, 7) is 0. The van der Waals surface area contributed by atoms with Crippen LogP contribution in [-0.2, 0) is 4.59 Å². The van der Waals surface area contributed by atoms with E-state index in [2.05, 4.69) is 0 Å². The zero-order valence-electron chi connectivity index (χ0n) is 6.23. The lowest BCUT2D eigenvalue weighted by molar-refractivity contribution is 0.108. The first kappa shape index (κ1) is 10.8. The van der Waals surface area contributed by atoms with Crippen LogP contribution in [0.2, 0.25) is 0 Å². The van der Waals surface area contributed by atoms with Crippen molar-refractivity contribution in [2.45, 2.75) is 4.59 Å². The van der Waals surface area contributed by atoms with Gasteiger partial charge in [0.15, 0.2) is 0 Å². The molecule has 0 atom stereocenters. The number of carbonyl (C=O) groups excluding carboxylic acids is 1. The molecular formula is C8H4Cl3FO. The van der Waals surface area contributed by atoms with Gasteiger partial charge in [-0.05, 0) is 23.7 Å². The Kier molecular flexibility index (Phi) is 3.17. The maximum atomic E-state index is 12.9. The fourth-order valence-electron chi connectivity index (χ4n) is 0.790. The number of benzene rings is 1. The van der Waals surface area contributed by atoms with Crippen molar-refractivity contribution in [3.63, 3.8) is 0 Å². The van der Waals surface area contributed by atoms with E-state index in [9.17, 15) is 9.18 Å². The van der Waals surface area contributed by atoms with Crippen LogP contribution in [0.15, 0.2) is 24.3 Å². The molecule has 0 aliphatic carbocycles. The zero-order valence-corrected chi connectivity index (χ0v) is 8.50. The molecule has 0 aliphatic heterocycles. The largest absolute Gasteiger partial charge is 0.283 e. The third-order valence-corrected chi connectivity index (χ3v) is 2.09. The number of rotatable bonds is 2. The van der Waals surface area contributed by atoms with Crippen molar-refractivity contribution in [1.29, 1.82) is 0 Å². The van der Waals surface area contributed by atoms with E-state index in [1.807, 2.05) is 0 Å². The van der Waals surface area contributed by atoms with Crippen molar-refractivity contribution < 1.29 is 9.18 Å². The Morgan fingerprint density at radius 2 is 1.69 bits per heavy atom. The molecule has 0 saturated carbocycles. The number of carbonyl (C=O) groups is 1. The predicted molar refractivity (Wildman–Crippen MR) is 51.1 cm³/mol. The highest BCUT2D eigenvalue weighted by atomic mass is 35.5. The minimum Gasteiger partial charge on any atom is -0.276 e. The molecule has 13 heavy (non-hydrogen) atoms. The average Bonchev–Trinajstić information content (AvgIpc) is 2.03. The zero-order chi connectivity index (χ0) is 10.1. The molecule has 0 heterocycles. The van der Waals surface area contributed by atoms with Gasteiger partial charge in [-0.25, -0.2) is 4.39 Å². The lowest BCUT2D eigenvalue weighted by Crippen LogP contribution is -2.01. The van der Waals surface area contributed by atoms with Crippen molar-refractivity contribution in [2.24, 2.45) is 0 Å². The second kappa shape index (κ2) is 3.82. The van der Waals surface area contributed by atoms with Gasteiger partial charge in [-0.15, -0.1) is 0 Å². The molecule has 0 saturated heterocycles. The molecule has 1 aromatic rings. The summed E-state index contributed by atoms with van der Waals surface area (Å²) in [4.78, 5) is 10.6. The summed E-state index contributed by atoms with van der Waals surface area (Å²) in [6, 6.07) is 5.30. The summed E-state index contributed by atoms with van der Waals surface area (Å²) in [7, 11) is 0. The van der Waals surface area contributed by atoms with Crippen molar-refractivity contribution in [1.82, 2.24) is 0 Å². The Hall–Kier alpha value is -0.310. The van der Waals surface area contributed by atoms with Gasteiger partial charge in [-0.1, -0.05) is 35.3 Å². The molecule has 1 rings (SSSR count). The first-order chi connectivity index (χ1) is 5.91. The number of hydrogen-bond donors (Lipinski definition) is 0. The van der Waals surface area contributed by atoms with E-state index in [4.69, 9.17) is 34.8 Å². The van der Waals surface area contributed by atoms with Gasteiger partial charge < -0.3 is 0 Å². The highest BCUT2D eigenvalue weighted by Crippen LogP contribution is 2.35. The molecule has 1 nitrogen and oxygen atoms in total. The van der Waals surface area contributed by atoms with E-state index in [0.717, 1.165) is 0 Å². The SMILES string of the molecule is O=C(Cl)c1ccc(C(F)(Cl)Cl)cc1. The fraction of sp³-hybridized carbons (Fsp3) is 0.125. The summed E-state index contributed by atoms with van der Waals surface area (Å²) >= 11 is 15.5. The molecule has 0 bridgehead atoms. The van der Waals surface area contributed by atoms with Crippen molar-refractivity contribution >= 4 is 40.0 Å². The number of halogens is 4.